The van der Waals surface area contributed by atoms with Crippen LogP contribution in [-0.4, -0.2) is 34.1 Å². The zero-order valence-corrected chi connectivity index (χ0v) is 14.3. The average molecular weight is 304 g/mol. The normalized spacial score (nSPS) is 21.6. The van der Waals surface area contributed by atoms with Gasteiger partial charge < -0.3 is 10.2 Å². The first-order chi connectivity index (χ1) is 9.76. The predicted octanol–water partition coefficient (Wildman–Crippen LogP) is 3.44. The fourth-order valence-electron chi connectivity index (χ4n) is 3.61. The molecule has 5 heteroatoms. The molecular formula is C16H24N4S. The van der Waals surface area contributed by atoms with Crippen LogP contribution in [0.2, 0.25) is 0 Å². The Morgan fingerprint density at radius 1 is 1.24 bits per heavy atom. The highest BCUT2D eigenvalue weighted by Gasteiger charge is 2.39. The lowest BCUT2D eigenvalue weighted by atomic mass is 9.79. The van der Waals surface area contributed by atoms with E-state index in [0.717, 1.165) is 28.3 Å². The molecular weight excluding hydrogens is 280 g/mol. The molecule has 1 aliphatic rings. The summed E-state index contributed by atoms with van der Waals surface area (Å²) in [6.45, 7) is 9.15. The first-order valence-corrected chi connectivity index (χ1v) is 8.31. The number of anilines is 1. The molecule has 0 unspecified atom stereocenters. The van der Waals surface area contributed by atoms with E-state index in [1.807, 2.05) is 18.3 Å². The minimum atomic E-state index is 0.148. The van der Waals surface area contributed by atoms with Gasteiger partial charge in [0.15, 0.2) is 5.13 Å². The number of aromatic nitrogens is 2. The molecule has 21 heavy (non-hydrogen) atoms. The number of thiazole rings is 1. The lowest BCUT2D eigenvalue weighted by Gasteiger charge is -2.48. The van der Waals surface area contributed by atoms with Crippen LogP contribution in [0.4, 0.5) is 5.13 Å². The van der Waals surface area contributed by atoms with Crippen molar-refractivity contribution in [3.63, 3.8) is 0 Å². The second kappa shape index (κ2) is 4.92. The van der Waals surface area contributed by atoms with Crippen LogP contribution in [0.25, 0.3) is 10.3 Å². The summed E-state index contributed by atoms with van der Waals surface area (Å²) in [6.07, 6.45) is 4.08. The zero-order valence-electron chi connectivity index (χ0n) is 13.5. The quantitative estimate of drug-likeness (QED) is 0.923. The average Bonchev–Trinajstić information content (AvgIpc) is 2.77. The molecule has 3 heterocycles. The summed E-state index contributed by atoms with van der Waals surface area (Å²) >= 11 is 1.68. The summed E-state index contributed by atoms with van der Waals surface area (Å²) in [5.74, 6) is 0. The van der Waals surface area contributed by atoms with Gasteiger partial charge in [0, 0.05) is 30.4 Å². The van der Waals surface area contributed by atoms with Crippen molar-refractivity contribution < 1.29 is 0 Å². The van der Waals surface area contributed by atoms with Crippen LogP contribution < -0.4 is 10.2 Å². The van der Waals surface area contributed by atoms with Crippen molar-refractivity contribution in [2.24, 2.45) is 0 Å². The second-order valence-electron chi connectivity index (χ2n) is 7.39. The molecule has 1 N–H and O–H groups in total. The van der Waals surface area contributed by atoms with Crippen molar-refractivity contribution >= 4 is 26.8 Å². The number of fused-ring (bicyclic) bond motifs is 1. The number of pyridine rings is 1. The Hall–Kier alpha value is -1.20. The van der Waals surface area contributed by atoms with E-state index in [9.17, 15) is 0 Å². The molecule has 0 amide bonds. The third kappa shape index (κ3) is 3.04. The highest BCUT2D eigenvalue weighted by Crippen LogP contribution is 2.35. The maximum absolute atomic E-state index is 4.74. The van der Waals surface area contributed by atoms with E-state index in [1.165, 1.54) is 0 Å². The molecule has 0 saturated carbocycles. The lowest BCUT2D eigenvalue weighted by molar-refractivity contribution is 0.161. The molecule has 114 valence electrons. The van der Waals surface area contributed by atoms with Crippen LogP contribution in [0.1, 0.15) is 40.5 Å². The van der Waals surface area contributed by atoms with Gasteiger partial charge in [-0.05, 0) is 52.7 Å². The van der Waals surface area contributed by atoms with E-state index in [-0.39, 0.29) is 11.1 Å². The van der Waals surface area contributed by atoms with Gasteiger partial charge in [0.25, 0.3) is 0 Å². The first-order valence-electron chi connectivity index (χ1n) is 7.50. The van der Waals surface area contributed by atoms with E-state index >= 15 is 0 Å². The lowest BCUT2D eigenvalue weighted by Crippen LogP contribution is -2.61. The smallest absolute Gasteiger partial charge is 0.187 e. The van der Waals surface area contributed by atoms with Crippen LogP contribution in [0.15, 0.2) is 18.3 Å². The van der Waals surface area contributed by atoms with E-state index in [0.29, 0.717) is 6.04 Å². The minimum Gasteiger partial charge on any atom is -0.348 e. The molecule has 0 aromatic carbocycles. The summed E-state index contributed by atoms with van der Waals surface area (Å²) in [5.41, 5.74) is 1.29. The fraction of sp³-hybridized carbons (Fsp3) is 0.625. The Morgan fingerprint density at radius 2 is 1.90 bits per heavy atom. The van der Waals surface area contributed by atoms with Crippen LogP contribution in [0.3, 0.4) is 0 Å². The van der Waals surface area contributed by atoms with Gasteiger partial charge in [-0.25, -0.2) is 9.97 Å². The number of rotatable bonds is 2. The largest absolute Gasteiger partial charge is 0.348 e. The molecule has 1 saturated heterocycles. The number of piperidine rings is 1. The Morgan fingerprint density at radius 3 is 2.52 bits per heavy atom. The van der Waals surface area contributed by atoms with Crippen molar-refractivity contribution in [1.29, 1.82) is 0 Å². The molecule has 2 aromatic rings. The molecule has 0 bridgehead atoms. The van der Waals surface area contributed by atoms with Crippen molar-refractivity contribution in [3.05, 3.63) is 18.3 Å². The number of hydrogen-bond donors (Lipinski definition) is 1. The summed E-state index contributed by atoms with van der Waals surface area (Å²) in [6, 6.07) is 4.48. The van der Waals surface area contributed by atoms with Crippen molar-refractivity contribution in [1.82, 2.24) is 15.3 Å². The van der Waals surface area contributed by atoms with E-state index in [1.54, 1.807) is 11.3 Å². The highest BCUT2D eigenvalue weighted by atomic mass is 32.1. The van der Waals surface area contributed by atoms with Crippen LogP contribution >= 0.6 is 11.3 Å². The third-order valence-electron chi connectivity index (χ3n) is 4.17. The van der Waals surface area contributed by atoms with Crippen molar-refractivity contribution in [2.45, 2.75) is 57.7 Å². The molecule has 4 nitrogen and oxygen atoms in total. The topological polar surface area (TPSA) is 41.1 Å². The molecule has 0 atom stereocenters. The van der Waals surface area contributed by atoms with Gasteiger partial charge in [-0.15, -0.1) is 0 Å². The maximum Gasteiger partial charge on any atom is 0.187 e. The molecule has 0 radical (unpaired) electrons. The summed E-state index contributed by atoms with van der Waals surface area (Å²) in [4.78, 5) is 12.5. The van der Waals surface area contributed by atoms with Gasteiger partial charge in [0.2, 0.25) is 0 Å². The third-order valence-corrected chi connectivity index (χ3v) is 5.24. The molecule has 2 aromatic heterocycles. The molecule has 1 aliphatic heterocycles. The molecule has 0 aliphatic carbocycles. The Balaban J connectivity index is 1.88. The Labute approximate surface area is 130 Å². The number of nitrogens with one attached hydrogen (secondary N) is 1. The number of hydrogen-bond acceptors (Lipinski definition) is 5. The van der Waals surface area contributed by atoms with Crippen LogP contribution in [-0.2, 0) is 0 Å². The predicted molar refractivity (Wildman–Crippen MR) is 90.1 cm³/mol. The minimum absolute atomic E-state index is 0.148. The standard InChI is InChI=1S/C16H24N4S/c1-15(2)9-11(10-16(3,4)19-15)20(5)14-18-12-7-6-8-17-13(12)21-14/h6-8,11,19H,9-10H2,1-5H3. The van der Waals surface area contributed by atoms with Crippen molar-refractivity contribution in [3.8, 4) is 0 Å². The Kier molecular flexibility index (Phi) is 3.45. The summed E-state index contributed by atoms with van der Waals surface area (Å²) in [5, 5.41) is 4.81. The van der Waals surface area contributed by atoms with E-state index in [4.69, 9.17) is 4.98 Å². The van der Waals surface area contributed by atoms with E-state index < -0.39 is 0 Å². The fourth-order valence-corrected chi connectivity index (χ4v) is 4.55. The number of nitrogens with zero attached hydrogens (tertiary/aromatic N) is 3. The molecule has 3 rings (SSSR count). The van der Waals surface area contributed by atoms with Gasteiger partial charge in [0.1, 0.15) is 10.3 Å². The van der Waals surface area contributed by atoms with Gasteiger partial charge in [0.05, 0.1) is 0 Å². The van der Waals surface area contributed by atoms with Gasteiger partial charge in [-0.3, -0.25) is 0 Å². The molecule has 0 spiro atoms. The van der Waals surface area contributed by atoms with Crippen LogP contribution in [0, 0.1) is 0 Å². The van der Waals surface area contributed by atoms with Crippen molar-refractivity contribution in [2.75, 3.05) is 11.9 Å². The maximum atomic E-state index is 4.74. The first kappa shape index (κ1) is 14.7. The Bertz CT molecular complexity index is 598. The zero-order chi connectivity index (χ0) is 15.3. The highest BCUT2D eigenvalue weighted by molar-refractivity contribution is 7.21. The van der Waals surface area contributed by atoms with Gasteiger partial charge in [-0.1, -0.05) is 11.3 Å². The summed E-state index contributed by atoms with van der Waals surface area (Å²) in [7, 11) is 2.17. The van der Waals surface area contributed by atoms with Gasteiger partial charge in [-0.2, -0.15) is 0 Å². The van der Waals surface area contributed by atoms with E-state index in [2.05, 4.69) is 49.9 Å². The second-order valence-corrected chi connectivity index (χ2v) is 8.35. The SMILES string of the molecule is CN(c1nc2cccnc2s1)C1CC(C)(C)NC(C)(C)C1. The summed E-state index contributed by atoms with van der Waals surface area (Å²) < 4.78 is 0. The van der Waals surface area contributed by atoms with Gasteiger partial charge >= 0.3 is 0 Å². The molecule has 1 fully saturated rings. The monoisotopic (exact) mass is 304 g/mol. The van der Waals surface area contributed by atoms with Crippen LogP contribution in [0.5, 0.6) is 0 Å².